The Balaban J connectivity index is 0.000000200. The Morgan fingerprint density at radius 1 is 1.15 bits per heavy atom. The molecule has 0 saturated heterocycles. The Morgan fingerprint density at radius 3 is 2.40 bits per heavy atom. The number of methoxy groups -OCH3 is 2. The predicted octanol–water partition coefficient (Wildman–Crippen LogP) is 2.27. The average molecular weight is 277 g/mol. The van der Waals surface area contributed by atoms with Crippen molar-refractivity contribution in [1.82, 2.24) is 9.97 Å². The van der Waals surface area contributed by atoms with Crippen molar-refractivity contribution in [2.45, 2.75) is 0 Å². The molecule has 1 aromatic carbocycles. The van der Waals surface area contributed by atoms with E-state index in [4.69, 9.17) is 14.6 Å². The van der Waals surface area contributed by atoms with Crippen molar-refractivity contribution in [3.63, 3.8) is 0 Å². The first-order valence-corrected chi connectivity index (χ1v) is 5.61. The van der Waals surface area contributed by atoms with E-state index in [0.29, 0.717) is 17.6 Å². The van der Waals surface area contributed by atoms with E-state index in [-0.39, 0.29) is 0 Å². The SMILES string of the molecule is COc1ccnc(OC)n1.O=C(O)Nc1ccccc1. The number of hydrogen-bond acceptors (Lipinski definition) is 5. The van der Waals surface area contributed by atoms with Crippen molar-refractivity contribution < 1.29 is 19.4 Å². The van der Waals surface area contributed by atoms with Gasteiger partial charge in [-0.2, -0.15) is 4.98 Å². The summed E-state index contributed by atoms with van der Waals surface area (Å²) >= 11 is 0. The van der Waals surface area contributed by atoms with Gasteiger partial charge in [-0.3, -0.25) is 5.32 Å². The number of anilines is 1. The van der Waals surface area contributed by atoms with E-state index in [1.807, 2.05) is 6.07 Å². The fourth-order valence-corrected chi connectivity index (χ4v) is 1.18. The highest BCUT2D eigenvalue weighted by atomic mass is 16.5. The minimum Gasteiger partial charge on any atom is -0.481 e. The largest absolute Gasteiger partial charge is 0.481 e. The summed E-state index contributed by atoms with van der Waals surface area (Å²) in [6, 6.07) is 10.7. The summed E-state index contributed by atoms with van der Waals surface area (Å²) < 4.78 is 9.58. The molecule has 2 aromatic rings. The van der Waals surface area contributed by atoms with Crippen molar-refractivity contribution >= 4 is 11.8 Å². The Kier molecular flexibility index (Phi) is 6.32. The minimum atomic E-state index is -1.04. The van der Waals surface area contributed by atoms with Gasteiger partial charge in [0.1, 0.15) is 0 Å². The first kappa shape index (κ1) is 15.2. The van der Waals surface area contributed by atoms with E-state index in [1.165, 1.54) is 7.11 Å². The summed E-state index contributed by atoms with van der Waals surface area (Å²) in [4.78, 5) is 17.7. The molecule has 0 aliphatic carbocycles. The minimum absolute atomic E-state index is 0.319. The number of carbonyl (C=O) groups is 1. The number of carboxylic acid groups (broad SMARTS) is 1. The number of hydrogen-bond donors (Lipinski definition) is 2. The second kappa shape index (κ2) is 8.30. The lowest BCUT2D eigenvalue weighted by molar-refractivity contribution is 0.210. The maximum absolute atomic E-state index is 10.1. The highest BCUT2D eigenvalue weighted by Crippen LogP contribution is 2.07. The number of nitrogens with one attached hydrogen (secondary N) is 1. The third kappa shape index (κ3) is 5.67. The summed E-state index contributed by atoms with van der Waals surface area (Å²) in [5.74, 6) is 0.506. The first-order chi connectivity index (χ1) is 9.65. The summed E-state index contributed by atoms with van der Waals surface area (Å²) in [5.41, 5.74) is 0.593. The quantitative estimate of drug-likeness (QED) is 0.893. The van der Waals surface area contributed by atoms with Gasteiger partial charge >= 0.3 is 12.1 Å². The Labute approximate surface area is 116 Å². The zero-order valence-electron chi connectivity index (χ0n) is 11.1. The van der Waals surface area contributed by atoms with Gasteiger partial charge in [0.25, 0.3) is 0 Å². The van der Waals surface area contributed by atoms with Crippen LogP contribution >= 0.6 is 0 Å². The fourth-order valence-electron chi connectivity index (χ4n) is 1.18. The summed E-state index contributed by atoms with van der Waals surface area (Å²) in [5, 5.41) is 10.5. The molecule has 0 aliphatic rings. The molecule has 0 spiro atoms. The van der Waals surface area contributed by atoms with Gasteiger partial charge in [0.2, 0.25) is 5.88 Å². The smallest absolute Gasteiger partial charge is 0.409 e. The van der Waals surface area contributed by atoms with Crippen LogP contribution in [0.5, 0.6) is 11.9 Å². The van der Waals surface area contributed by atoms with Crippen LogP contribution < -0.4 is 14.8 Å². The van der Waals surface area contributed by atoms with Crippen LogP contribution in [0.3, 0.4) is 0 Å². The van der Waals surface area contributed by atoms with Crippen LogP contribution in [-0.4, -0.2) is 35.4 Å². The summed E-state index contributed by atoms with van der Waals surface area (Å²) in [7, 11) is 3.05. The molecule has 7 nitrogen and oxygen atoms in total. The molecule has 0 saturated carbocycles. The zero-order valence-corrected chi connectivity index (χ0v) is 11.1. The maximum atomic E-state index is 10.1. The molecule has 106 valence electrons. The van der Waals surface area contributed by atoms with Crippen LogP contribution in [0, 0.1) is 0 Å². The van der Waals surface area contributed by atoms with Crippen molar-refractivity contribution in [1.29, 1.82) is 0 Å². The Morgan fingerprint density at radius 2 is 1.85 bits per heavy atom. The number of rotatable bonds is 3. The van der Waals surface area contributed by atoms with E-state index >= 15 is 0 Å². The normalized spacial score (nSPS) is 8.90. The molecule has 0 aliphatic heterocycles. The van der Waals surface area contributed by atoms with Gasteiger partial charge in [0, 0.05) is 18.0 Å². The van der Waals surface area contributed by atoms with Gasteiger partial charge < -0.3 is 14.6 Å². The number of aromatic nitrogens is 2. The van der Waals surface area contributed by atoms with Gasteiger partial charge in [-0.25, -0.2) is 9.78 Å². The second-order valence-electron chi connectivity index (χ2n) is 3.38. The third-order valence-corrected chi connectivity index (χ3v) is 2.02. The molecule has 20 heavy (non-hydrogen) atoms. The van der Waals surface area contributed by atoms with Gasteiger partial charge in [-0.05, 0) is 12.1 Å². The van der Waals surface area contributed by atoms with Crippen molar-refractivity contribution in [2.24, 2.45) is 0 Å². The molecule has 1 heterocycles. The third-order valence-electron chi connectivity index (χ3n) is 2.02. The van der Waals surface area contributed by atoms with E-state index in [0.717, 1.165) is 0 Å². The monoisotopic (exact) mass is 277 g/mol. The molecule has 0 atom stereocenters. The van der Waals surface area contributed by atoms with Crippen molar-refractivity contribution in [3.8, 4) is 11.9 Å². The van der Waals surface area contributed by atoms with Crippen LogP contribution in [0.1, 0.15) is 0 Å². The Bertz CT molecular complexity index is 515. The van der Waals surface area contributed by atoms with Gasteiger partial charge in [0.15, 0.2) is 0 Å². The van der Waals surface area contributed by atoms with E-state index in [1.54, 1.807) is 43.6 Å². The van der Waals surface area contributed by atoms with E-state index in [2.05, 4.69) is 15.3 Å². The van der Waals surface area contributed by atoms with Gasteiger partial charge in [0.05, 0.1) is 14.2 Å². The number of benzene rings is 1. The van der Waals surface area contributed by atoms with Gasteiger partial charge in [-0.15, -0.1) is 0 Å². The molecule has 0 radical (unpaired) electrons. The molecule has 0 unspecified atom stereocenters. The van der Waals surface area contributed by atoms with Crippen molar-refractivity contribution in [3.05, 3.63) is 42.6 Å². The summed E-state index contributed by atoms with van der Waals surface area (Å²) in [6.45, 7) is 0. The van der Waals surface area contributed by atoms with E-state index < -0.39 is 6.09 Å². The summed E-state index contributed by atoms with van der Waals surface area (Å²) in [6.07, 6.45) is 0.538. The van der Waals surface area contributed by atoms with Crippen molar-refractivity contribution in [2.75, 3.05) is 19.5 Å². The molecule has 2 rings (SSSR count). The number of amides is 1. The van der Waals surface area contributed by atoms with E-state index in [9.17, 15) is 4.79 Å². The number of para-hydroxylation sites is 1. The molecular formula is C13H15N3O4. The lowest BCUT2D eigenvalue weighted by atomic mass is 10.3. The van der Waals surface area contributed by atoms with Crippen LogP contribution in [-0.2, 0) is 0 Å². The number of ether oxygens (including phenoxy) is 2. The average Bonchev–Trinajstić information content (AvgIpc) is 2.48. The molecule has 0 bridgehead atoms. The topological polar surface area (TPSA) is 93.6 Å². The number of nitrogens with zero attached hydrogens (tertiary/aromatic N) is 2. The lowest BCUT2D eigenvalue weighted by Gasteiger charge is -1.98. The molecule has 7 heteroatoms. The highest BCUT2D eigenvalue weighted by Gasteiger charge is 1.95. The van der Waals surface area contributed by atoms with Crippen LogP contribution in [0.25, 0.3) is 0 Å². The highest BCUT2D eigenvalue weighted by molar-refractivity contribution is 5.82. The van der Waals surface area contributed by atoms with Crippen LogP contribution in [0.2, 0.25) is 0 Å². The zero-order chi connectivity index (χ0) is 14.8. The van der Waals surface area contributed by atoms with Crippen LogP contribution in [0.15, 0.2) is 42.6 Å². The van der Waals surface area contributed by atoms with Crippen LogP contribution in [0.4, 0.5) is 10.5 Å². The molecule has 1 amide bonds. The maximum Gasteiger partial charge on any atom is 0.409 e. The fraction of sp³-hybridized carbons (Fsp3) is 0.154. The predicted molar refractivity (Wildman–Crippen MR) is 73.2 cm³/mol. The van der Waals surface area contributed by atoms with Gasteiger partial charge in [-0.1, -0.05) is 18.2 Å². The lowest BCUT2D eigenvalue weighted by Crippen LogP contribution is -2.06. The molecular weight excluding hydrogens is 262 g/mol. The molecule has 0 fully saturated rings. The second-order valence-corrected chi connectivity index (χ2v) is 3.38. The molecule has 2 N–H and O–H groups in total. The first-order valence-electron chi connectivity index (χ1n) is 5.61. The Hall–Kier alpha value is -2.83. The standard InChI is InChI=1S/C7H7NO2.C6H8N2O2/c9-7(10)8-6-4-2-1-3-5-6;1-9-5-3-4-7-6(8-5)10-2/h1-5,8H,(H,9,10);3-4H,1-2H3. The molecule has 1 aromatic heterocycles.